The second-order valence-electron chi connectivity index (χ2n) is 9.27. The molecule has 0 aliphatic heterocycles. The number of aliphatic hydroxyl groups is 1. The molecular weight excluding hydrogens is 378 g/mol. The predicted octanol–water partition coefficient (Wildman–Crippen LogP) is 4.66. The van der Waals surface area contributed by atoms with Crippen molar-refractivity contribution in [3.63, 3.8) is 0 Å². The Morgan fingerprint density at radius 1 is 0.621 bits per heavy atom. The molecule has 0 spiro atoms. The molecule has 2 nitrogen and oxygen atoms in total. The van der Waals surface area contributed by atoms with Crippen LogP contribution in [-0.2, 0) is 0 Å². The minimum absolute atomic E-state index is 0. The van der Waals surface area contributed by atoms with Gasteiger partial charge in [0.05, 0.1) is 26.7 Å². The van der Waals surface area contributed by atoms with Crippen molar-refractivity contribution in [2.24, 2.45) is 0 Å². The number of likely N-dealkylation sites (N-methyl/N-ethyl adjacent to an activating group) is 1. The van der Waals surface area contributed by atoms with Crippen molar-refractivity contribution in [1.82, 2.24) is 0 Å². The number of quaternary nitrogens is 1. The van der Waals surface area contributed by atoms with E-state index in [1.54, 1.807) is 0 Å². The Hall–Kier alpha value is -0.0500. The van der Waals surface area contributed by atoms with Crippen LogP contribution in [0.25, 0.3) is 0 Å². The second kappa shape index (κ2) is 24.2. The summed E-state index contributed by atoms with van der Waals surface area (Å²) in [6.45, 7) is 10.0. The lowest BCUT2D eigenvalue weighted by Crippen LogP contribution is -3.00. The summed E-state index contributed by atoms with van der Waals surface area (Å²) in [5, 5.41) is 8.99. The van der Waals surface area contributed by atoms with Gasteiger partial charge in [0.25, 0.3) is 0 Å². The van der Waals surface area contributed by atoms with Crippen molar-refractivity contribution in [1.29, 1.82) is 0 Å². The Labute approximate surface area is 190 Å². The summed E-state index contributed by atoms with van der Waals surface area (Å²) in [6.07, 6.45) is 27.0. The molecule has 0 radical (unpaired) electrons. The van der Waals surface area contributed by atoms with Crippen molar-refractivity contribution >= 4 is 0 Å². The maximum atomic E-state index is 8.99. The fourth-order valence-electron chi connectivity index (χ4n) is 4.25. The molecule has 0 heterocycles. The van der Waals surface area contributed by atoms with Gasteiger partial charge in [0, 0.05) is 6.61 Å². The zero-order chi connectivity index (χ0) is 20.8. The minimum atomic E-state index is 0. The van der Waals surface area contributed by atoms with Crippen LogP contribution in [0.5, 0.6) is 0 Å². The first-order valence-electron chi connectivity index (χ1n) is 12.7. The van der Waals surface area contributed by atoms with Gasteiger partial charge < -0.3 is 22.0 Å². The maximum Gasteiger partial charge on any atom is 0.0969 e. The molecule has 0 aliphatic carbocycles. The zero-order valence-electron chi connectivity index (χ0n) is 20.1. The number of hydrogen-bond donors (Lipinski definition) is 1. The first kappa shape index (κ1) is 31.1. The van der Waals surface area contributed by atoms with Gasteiger partial charge in [-0.1, -0.05) is 103 Å². The first-order chi connectivity index (χ1) is 13.7. The molecule has 0 saturated carbocycles. The highest BCUT2D eigenvalue weighted by atomic mass is 35.5. The van der Waals surface area contributed by atoms with Gasteiger partial charge >= 0.3 is 0 Å². The fourth-order valence-corrected chi connectivity index (χ4v) is 4.25. The van der Waals surface area contributed by atoms with E-state index in [0.717, 1.165) is 23.9 Å². The third kappa shape index (κ3) is 22.5. The largest absolute Gasteiger partial charge is 1.00 e. The van der Waals surface area contributed by atoms with Crippen molar-refractivity contribution in [2.75, 3.05) is 33.3 Å². The number of hydrogen-bond acceptors (Lipinski definition) is 1. The van der Waals surface area contributed by atoms with Gasteiger partial charge in [0.15, 0.2) is 0 Å². The molecule has 0 aromatic rings. The Morgan fingerprint density at radius 3 is 1.31 bits per heavy atom. The highest BCUT2D eigenvalue weighted by Gasteiger charge is 2.18. The third-order valence-corrected chi connectivity index (χ3v) is 6.23. The van der Waals surface area contributed by atoms with E-state index < -0.39 is 0 Å². The Bertz CT molecular complexity index is 324. The van der Waals surface area contributed by atoms with Crippen LogP contribution in [0.3, 0.4) is 0 Å². The Balaban J connectivity index is 0. The van der Waals surface area contributed by atoms with Crippen molar-refractivity contribution in [3.8, 4) is 0 Å². The summed E-state index contributed by atoms with van der Waals surface area (Å²) in [4.78, 5) is 0. The summed E-state index contributed by atoms with van der Waals surface area (Å²) in [7, 11) is 2.35. The van der Waals surface area contributed by atoms with Crippen LogP contribution in [0.2, 0.25) is 0 Å². The lowest BCUT2D eigenvalue weighted by molar-refractivity contribution is -0.904. The van der Waals surface area contributed by atoms with Crippen LogP contribution in [0, 0.1) is 0 Å². The lowest BCUT2D eigenvalue weighted by atomic mass is 10.0. The Kier molecular flexibility index (Phi) is 26.0. The highest BCUT2D eigenvalue weighted by molar-refractivity contribution is 4.65. The van der Waals surface area contributed by atoms with E-state index in [9.17, 15) is 0 Å². The smallest absolute Gasteiger partial charge is 0.0969 e. The topological polar surface area (TPSA) is 20.2 Å². The van der Waals surface area contributed by atoms with Crippen LogP contribution in [0.1, 0.15) is 122 Å². The Morgan fingerprint density at radius 2 is 0.966 bits per heavy atom. The molecule has 3 heteroatoms. The number of rotatable bonds is 23. The lowest BCUT2D eigenvalue weighted by Gasteiger charge is -2.33. The number of halogens is 1. The molecular formula is C26H54ClNO. The highest BCUT2D eigenvalue weighted by Crippen LogP contribution is 2.15. The minimum Gasteiger partial charge on any atom is -1.00 e. The molecule has 0 bridgehead atoms. The number of unbranched alkanes of at least 4 members (excludes halogenated alkanes) is 16. The van der Waals surface area contributed by atoms with Crippen LogP contribution in [0.4, 0.5) is 0 Å². The molecule has 0 aromatic heterocycles. The number of aliphatic hydroxyl groups excluding tert-OH is 1. The summed E-state index contributed by atoms with van der Waals surface area (Å²) < 4.78 is 1.10. The standard InChI is InChI=1S/C26H54NO.ClH/c1-4-6-7-8-9-10-11-12-13-14-15-16-17-18-19-20-24-27(3,23-5-2)25-21-22-26-28;/h5,28H,2,4,6-26H2,1,3H3;1H/q+1;/p-1. The van der Waals surface area contributed by atoms with Crippen LogP contribution in [0.15, 0.2) is 12.7 Å². The third-order valence-electron chi connectivity index (χ3n) is 6.23. The molecule has 1 unspecified atom stereocenters. The van der Waals surface area contributed by atoms with Gasteiger partial charge in [0.1, 0.15) is 0 Å². The van der Waals surface area contributed by atoms with Crippen LogP contribution < -0.4 is 12.4 Å². The molecule has 0 fully saturated rings. The van der Waals surface area contributed by atoms with Gasteiger partial charge in [0.2, 0.25) is 0 Å². The molecule has 29 heavy (non-hydrogen) atoms. The molecule has 1 N–H and O–H groups in total. The van der Waals surface area contributed by atoms with Crippen LogP contribution in [-0.4, -0.2) is 42.9 Å². The monoisotopic (exact) mass is 431 g/mol. The normalized spacial score (nSPS) is 13.1. The molecule has 0 aliphatic rings. The fraction of sp³-hybridized carbons (Fsp3) is 0.923. The second-order valence-corrected chi connectivity index (χ2v) is 9.27. The summed E-state index contributed by atoms with van der Waals surface area (Å²) >= 11 is 0. The molecule has 176 valence electrons. The summed E-state index contributed by atoms with van der Waals surface area (Å²) in [6, 6.07) is 0. The van der Waals surface area contributed by atoms with Gasteiger partial charge in [-0.05, 0) is 31.8 Å². The zero-order valence-corrected chi connectivity index (χ0v) is 20.9. The van der Waals surface area contributed by atoms with Crippen molar-refractivity contribution in [2.45, 2.75) is 122 Å². The SMILES string of the molecule is C=CC[N+](C)(CCCCO)CCCCCCCCCCCCCCCCCC.[Cl-]. The van der Waals surface area contributed by atoms with Gasteiger partial charge in [-0.15, -0.1) is 0 Å². The van der Waals surface area contributed by atoms with E-state index in [1.807, 2.05) is 0 Å². The average molecular weight is 432 g/mol. The first-order valence-corrected chi connectivity index (χ1v) is 12.7. The van der Waals surface area contributed by atoms with Gasteiger partial charge in [-0.3, -0.25) is 0 Å². The van der Waals surface area contributed by atoms with Crippen molar-refractivity contribution in [3.05, 3.63) is 12.7 Å². The summed E-state index contributed by atoms with van der Waals surface area (Å²) in [5.74, 6) is 0. The van der Waals surface area contributed by atoms with Gasteiger partial charge in [-0.2, -0.15) is 0 Å². The van der Waals surface area contributed by atoms with E-state index in [2.05, 4.69) is 26.6 Å². The molecule has 0 aromatic carbocycles. The van der Waals surface area contributed by atoms with E-state index in [4.69, 9.17) is 5.11 Å². The van der Waals surface area contributed by atoms with E-state index in [0.29, 0.717) is 6.61 Å². The average Bonchev–Trinajstić information content (AvgIpc) is 2.68. The number of nitrogens with zero attached hydrogens (tertiary/aromatic N) is 1. The molecule has 0 saturated heterocycles. The molecule has 0 rings (SSSR count). The van der Waals surface area contributed by atoms with E-state index in [-0.39, 0.29) is 12.4 Å². The predicted molar refractivity (Wildman–Crippen MR) is 127 cm³/mol. The molecule has 0 amide bonds. The van der Waals surface area contributed by atoms with Crippen LogP contribution >= 0.6 is 0 Å². The van der Waals surface area contributed by atoms with Crippen molar-refractivity contribution < 1.29 is 22.0 Å². The quantitative estimate of drug-likeness (QED) is 0.142. The molecule has 1 atom stereocenters. The summed E-state index contributed by atoms with van der Waals surface area (Å²) in [5.41, 5.74) is 0. The maximum absolute atomic E-state index is 8.99. The van der Waals surface area contributed by atoms with E-state index in [1.165, 1.54) is 116 Å². The van der Waals surface area contributed by atoms with Gasteiger partial charge in [-0.25, -0.2) is 0 Å². The van der Waals surface area contributed by atoms with E-state index >= 15 is 0 Å².